The van der Waals surface area contributed by atoms with Crippen LogP contribution >= 0.6 is 11.8 Å². The monoisotopic (exact) mass is 263 g/mol. The average Bonchev–Trinajstić information content (AvgIpc) is 2.28. The van der Waals surface area contributed by atoms with Crippen LogP contribution in [0.2, 0.25) is 0 Å². The van der Waals surface area contributed by atoms with Crippen molar-refractivity contribution >= 4 is 11.8 Å². The molecule has 0 bridgehead atoms. The molecular formula is C12H16F3NS. The first kappa shape index (κ1) is 14.4. The number of halogens is 3. The van der Waals surface area contributed by atoms with Gasteiger partial charge in [0.1, 0.15) is 0 Å². The quantitative estimate of drug-likeness (QED) is 0.869. The van der Waals surface area contributed by atoms with E-state index in [2.05, 4.69) is 5.32 Å². The first-order valence-corrected chi connectivity index (χ1v) is 6.78. The summed E-state index contributed by atoms with van der Waals surface area (Å²) >= 11 is 1.61. The van der Waals surface area contributed by atoms with Crippen molar-refractivity contribution in [3.63, 3.8) is 0 Å². The van der Waals surface area contributed by atoms with Gasteiger partial charge in [-0.25, -0.2) is 0 Å². The minimum absolute atomic E-state index is 0.0303. The molecule has 1 aromatic carbocycles. The van der Waals surface area contributed by atoms with Gasteiger partial charge in [-0.15, -0.1) is 0 Å². The summed E-state index contributed by atoms with van der Waals surface area (Å²) in [6, 6.07) is 5.49. The molecule has 0 saturated heterocycles. The second-order valence-corrected chi connectivity index (χ2v) is 4.60. The molecule has 0 amide bonds. The van der Waals surface area contributed by atoms with Gasteiger partial charge in [-0.1, -0.05) is 19.1 Å². The smallest absolute Gasteiger partial charge is 0.310 e. The largest absolute Gasteiger partial charge is 0.416 e. The van der Waals surface area contributed by atoms with Crippen LogP contribution in [0.3, 0.4) is 0 Å². The second-order valence-electron chi connectivity index (χ2n) is 3.69. The van der Waals surface area contributed by atoms with Crippen LogP contribution in [0.5, 0.6) is 0 Å². The van der Waals surface area contributed by atoms with Crippen molar-refractivity contribution in [2.45, 2.75) is 19.1 Å². The number of hydrogen-bond donors (Lipinski definition) is 1. The summed E-state index contributed by atoms with van der Waals surface area (Å²) in [4.78, 5) is 0. The van der Waals surface area contributed by atoms with Gasteiger partial charge in [0.05, 0.1) is 5.56 Å². The zero-order valence-corrected chi connectivity index (χ0v) is 10.7. The average molecular weight is 263 g/mol. The van der Waals surface area contributed by atoms with Crippen LogP contribution in [0.15, 0.2) is 24.3 Å². The van der Waals surface area contributed by atoms with Crippen LogP contribution in [0.4, 0.5) is 13.2 Å². The van der Waals surface area contributed by atoms with E-state index in [1.165, 1.54) is 12.1 Å². The van der Waals surface area contributed by atoms with Crippen LogP contribution in [0.1, 0.15) is 24.1 Å². The predicted octanol–water partition coefficient (Wildman–Crippen LogP) is 3.72. The third-order valence-electron chi connectivity index (χ3n) is 2.40. The Labute approximate surface area is 104 Å². The first-order valence-electron chi connectivity index (χ1n) is 5.38. The Kier molecular flexibility index (Phi) is 5.33. The van der Waals surface area contributed by atoms with Crippen LogP contribution in [0, 0.1) is 0 Å². The Balaban J connectivity index is 2.95. The van der Waals surface area contributed by atoms with Crippen LogP contribution in [-0.2, 0) is 6.18 Å². The van der Waals surface area contributed by atoms with Crippen molar-refractivity contribution in [3.05, 3.63) is 35.4 Å². The molecule has 0 fully saturated rings. The fourth-order valence-electron chi connectivity index (χ4n) is 1.62. The number of nitrogens with one attached hydrogen (secondary N) is 1. The van der Waals surface area contributed by atoms with Gasteiger partial charge in [0.2, 0.25) is 0 Å². The predicted molar refractivity (Wildman–Crippen MR) is 66.2 cm³/mol. The minimum Gasteiger partial charge on any atom is -0.310 e. The number of alkyl halides is 3. The first-order chi connectivity index (χ1) is 7.99. The van der Waals surface area contributed by atoms with Crippen LogP contribution in [-0.4, -0.2) is 18.6 Å². The molecule has 0 heterocycles. The summed E-state index contributed by atoms with van der Waals surface area (Å²) in [7, 11) is 0. The Hall–Kier alpha value is -0.680. The maximum Gasteiger partial charge on any atom is 0.416 e. The molecular weight excluding hydrogens is 247 g/mol. The summed E-state index contributed by atoms with van der Waals surface area (Å²) in [5.74, 6) is 0.759. The highest BCUT2D eigenvalue weighted by Gasteiger charge is 2.30. The zero-order chi connectivity index (χ0) is 12.9. The molecule has 1 N–H and O–H groups in total. The summed E-state index contributed by atoms with van der Waals surface area (Å²) in [5, 5.41) is 3.19. The Bertz CT molecular complexity index is 346. The van der Waals surface area contributed by atoms with E-state index in [0.717, 1.165) is 18.4 Å². The molecule has 1 rings (SSSR count). The van der Waals surface area contributed by atoms with Gasteiger partial charge in [-0.05, 0) is 30.5 Å². The lowest BCUT2D eigenvalue weighted by Gasteiger charge is -2.18. The third-order valence-corrected chi connectivity index (χ3v) is 3.07. The standard InChI is InChI=1S/C12H16F3NS/c1-3-16-11(8-17-2)9-5-4-6-10(7-9)12(13,14)15/h4-7,11,16H,3,8H2,1-2H3. The zero-order valence-electron chi connectivity index (χ0n) is 9.84. The molecule has 0 spiro atoms. The highest BCUT2D eigenvalue weighted by atomic mass is 32.2. The van der Waals surface area contributed by atoms with E-state index in [1.54, 1.807) is 17.8 Å². The Morgan fingerprint density at radius 3 is 2.59 bits per heavy atom. The molecule has 0 aliphatic heterocycles. The van der Waals surface area contributed by atoms with E-state index in [9.17, 15) is 13.2 Å². The van der Waals surface area contributed by atoms with Crippen LogP contribution in [0.25, 0.3) is 0 Å². The summed E-state index contributed by atoms with van der Waals surface area (Å²) in [6.07, 6.45) is -2.33. The number of thioether (sulfide) groups is 1. The van der Waals surface area contributed by atoms with Crippen molar-refractivity contribution in [3.8, 4) is 0 Å². The lowest BCUT2D eigenvalue weighted by Crippen LogP contribution is -2.23. The van der Waals surface area contributed by atoms with E-state index in [0.29, 0.717) is 5.56 Å². The van der Waals surface area contributed by atoms with Crippen LogP contribution < -0.4 is 5.32 Å². The van der Waals surface area contributed by atoms with Gasteiger partial charge >= 0.3 is 6.18 Å². The second kappa shape index (κ2) is 6.31. The van der Waals surface area contributed by atoms with Gasteiger partial charge in [-0.3, -0.25) is 0 Å². The normalized spacial score (nSPS) is 13.7. The fourth-order valence-corrected chi connectivity index (χ4v) is 2.26. The van der Waals surface area contributed by atoms with E-state index in [4.69, 9.17) is 0 Å². The molecule has 1 atom stereocenters. The van der Waals surface area contributed by atoms with Gasteiger partial charge in [0, 0.05) is 11.8 Å². The van der Waals surface area contributed by atoms with Crippen molar-refractivity contribution in [2.75, 3.05) is 18.6 Å². The number of benzene rings is 1. The van der Waals surface area contributed by atoms with Crippen molar-refractivity contribution in [2.24, 2.45) is 0 Å². The molecule has 17 heavy (non-hydrogen) atoms. The highest BCUT2D eigenvalue weighted by Crippen LogP contribution is 2.31. The molecule has 0 aliphatic rings. The third kappa shape index (κ3) is 4.24. The van der Waals surface area contributed by atoms with Gasteiger partial charge < -0.3 is 5.32 Å². The number of rotatable bonds is 5. The van der Waals surface area contributed by atoms with E-state index in [-0.39, 0.29) is 6.04 Å². The van der Waals surface area contributed by atoms with Crippen molar-refractivity contribution in [1.29, 1.82) is 0 Å². The number of hydrogen-bond acceptors (Lipinski definition) is 2. The minimum atomic E-state index is -4.27. The van der Waals surface area contributed by atoms with E-state index < -0.39 is 11.7 Å². The van der Waals surface area contributed by atoms with Gasteiger partial charge in [0.15, 0.2) is 0 Å². The van der Waals surface area contributed by atoms with Crippen molar-refractivity contribution in [1.82, 2.24) is 5.32 Å². The van der Waals surface area contributed by atoms with Crippen molar-refractivity contribution < 1.29 is 13.2 Å². The molecule has 0 aromatic heterocycles. The molecule has 96 valence electrons. The molecule has 1 unspecified atom stereocenters. The Morgan fingerprint density at radius 1 is 1.35 bits per heavy atom. The topological polar surface area (TPSA) is 12.0 Å². The summed E-state index contributed by atoms with van der Waals surface area (Å²) in [6.45, 7) is 2.68. The highest BCUT2D eigenvalue weighted by molar-refractivity contribution is 7.98. The summed E-state index contributed by atoms with van der Waals surface area (Å²) in [5.41, 5.74) is 0.107. The maximum absolute atomic E-state index is 12.6. The lowest BCUT2D eigenvalue weighted by atomic mass is 10.0. The maximum atomic E-state index is 12.6. The van der Waals surface area contributed by atoms with E-state index in [1.807, 2.05) is 13.2 Å². The molecule has 0 radical (unpaired) electrons. The Morgan fingerprint density at radius 2 is 2.06 bits per heavy atom. The summed E-state index contributed by atoms with van der Waals surface area (Å²) < 4.78 is 37.7. The molecule has 0 aliphatic carbocycles. The lowest BCUT2D eigenvalue weighted by molar-refractivity contribution is -0.137. The fraction of sp³-hybridized carbons (Fsp3) is 0.500. The molecule has 1 nitrogen and oxygen atoms in total. The molecule has 1 aromatic rings. The SMILES string of the molecule is CCNC(CSC)c1cccc(C(F)(F)F)c1. The molecule has 0 saturated carbocycles. The van der Waals surface area contributed by atoms with Gasteiger partial charge in [-0.2, -0.15) is 24.9 Å². The van der Waals surface area contributed by atoms with Gasteiger partial charge in [0.25, 0.3) is 0 Å². The van der Waals surface area contributed by atoms with E-state index >= 15 is 0 Å². The molecule has 5 heteroatoms.